The van der Waals surface area contributed by atoms with Crippen LogP contribution in [-0.4, -0.2) is 47.3 Å². The number of fused-ring (bicyclic) bond motifs is 1. The molecule has 1 unspecified atom stereocenters. The zero-order chi connectivity index (χ0) is 26.8. The molecule has 0 radical (unpaired) electrons. The molecule has 0 aliphatic carbocycles. The quantitative estimate of drug-likeness (QED) is 0.137. The minimum absolute atomic E-state index is 0.0388. The number of amides is 2. The van der Waals surface area contributed by atoms with Crippen LogP contribution in [0.4, 0.5) is 15.9 Å². The molecular formula is C25H29ClFN5O5. The fourth-order valence-corrected chi connectivity index (χ4v) is 4.04. The third kappa shape index (κ3) is 7.72. The van der Waals surface area contributed by atoms with E-state index in [1.165, 1.54) is 24.5 Å². The van der Waals surface area contributed by atoms with Crippen molar-refractivity contribution in [3.63, 3.8) is 0 Å². The number of nitrogens with two attached hydrogens (primary N) is 1. The number of primary amides is 1. The number of unbranched alkanes of at least 4 members (excludes halogenated alkanes) is 2. The summed E-state index contributed by atoms with van der Waals surface area (Å²) in [5.74, 6) is -1.33. The molecule has 0 fully saturated rings. The van der Waals surface area contributed by atoms with Crippen LogP contribution in [0.25, 0.3) is 10.9 Å². The zero-order valence-corrected chi connectivity index (χ0v) is 21.1. The second-order valence-corrected chi connectivity index (χ2v) is 8.72. The van der Waals surface area contributed by atoms with Crippen LogP contribution in [0.5, 0.6) is 5.75 Å². The topological polar surface area (TPSA) is 149 Å². The van der Waals surface area contributed by atoms with Gasteiger partial charge in [0.25, 0.3) is 0 Å². The normalized spacial score (nSPS) is 11.8. The molecule has 3 rings (SSSR count). The van der Waals surface area contributed by atoms with Crippen LogP contribution < -0.4 is 21.3 Å². The number of hydroxylamine groups is 1. The van der Waals surface area contributed by atoms with E-state index in [2.05, 4.69) is 15.3 Å². The first kappa shape index (κ1) is 28.0. The summed E-state index contributed by atoms with van der Waals surface area (Å²) in [6.45, 7) is 0.592. The first-order valence-corrected chi connectivity index (χ1v) is 12.1. The minimum atomic E-state index is -0.679. The molecule has 10 nitrogen and oxygen atoms in total. The number of aromatic nitrogens is 2. The van der Waals surface area contributed by atoms with E-state index in [0.29, 0.717) is 66.0 Å². The highest BCUT2D eigenvalue weighted by atomic mass is 35.5. The standard InChI is InChI=1S/C25H29ClFN5O5/c1-36-9-10-37-22-13-21-18(25(30-14-29-21)31-15-7-8-20(27)19(26)11-15)12-17(22)16(24(28)34)5-3-2-4-6-23(33)32-35/h7-8,11-14,16,35H,2-6,9-10H2,1H3,(H2,28,34)(H,32,33)(H,29,30,31). The van der Waals surface area contributed by atoms with Crippen molar-refractivity contribution < 1.29 is 28.7 Å². The maximum atomic E-state index is 13.6. The minimum Gasteiger partial charge on any atom is -0.491 e. The van der Waals surface area contributed by atoms with Gasteiger partial charge in [0.15, 0.2) is 0 Å². The van der Waals surface area contributed by atoms with Crippen molar-refractivity contribution in [2.75, 3.05) is 25.6 Å². The van der Waals surface area contributed by atoms with Crippen LogP contribution in [0.3, 0.4) is 0 Å². The van der Waals surface area contributed by atoms with Crippen molar-refractivity contribution in [1.82, 2.24) is 15.4 Å². The van der Waals surface area contributed by atoms with Gasteiger partial charge in [-0.15, -0.1) is 0 Å². The van der Waals surface area contributed by atoms with Crippen molar-refractivity contribution in [2.24, 2.45) is 5.73 Å². The number of halogens is 2. The number of anilines is 2. The van der Waals surface area contributed by atoms with Gasteiger partial charge < -0.3 is 20.5 Å². The predicted octanol–water partition coefficient (Wildman–Crippen LogP) is 4.22. The van der Waals surface area contributed by atoms with Gasteiger partial charge in [-0.25, -0.2) is 19.8 Å². The van der Waals surface area contributed by atoms with Crippen LogP contribution in [0.1, 0.15) is 43.6 Å². The molecule has 1 heterocycles. The van der Waals surface area contributed by atoms with Crippen LogP contribution >= 0.6 is 11.6 Å². The number of hydrogen-bond donors (Lipinski definition) is 4. The van der Waals surface area contributed by atoms with E-state index in [1.807, 2.05) is 0 Å². The lowest BCUT2D eigenvalue weighted by Crippen LogP contribution is -2.22. The van der Waals surface area contributed by atoms with Crippen LogP contribution in [0, 0.1) is 5.82 Å². The molecule has 0 saturated carbocycles. The number of nitrogens with one attached hydrogen (secondary N) is 2. The summed E-state index contributed by atoms with van der Waals surface area (Å²) in [5, 5.41) is 12.3. The maximum absolute atomic E-state index is 13.6. The maximum Gasteiger partial charge on any atom is 0.243 e. The molecule has 0 saturated heterocycles. The Bertz CT molecular complexity index is 1250. The van der Waals surface area contributed by atoms with E-state index in [1.54, 1.807) is 24.7 Å². The summed E-state index contributed by atoms with van der Waals surface area (Å²) >= 11 is 5.92. The molecule has 2 aromatic carbocycles. The highest BCUT2D eigenvalue weighted by molar-refractivity contribution is 6.31. The van der Waals surface area contributed by atoms with Gasteiger partial charge in [0.05, 0.1) is 23.1 Å². The lowest BCUT2D eigenvalue weighted by molar-refractivity contribution is -0.129. The molecule has 5 N–H and O–H groups in total. The summed E-state index contributed by atoms with van der Waals surface area (Å²) in [6, 6.07) is 7.69. The largest absolute Gasteiger partial charge is 0.491 e. The molecule has 1 aromatic heterocycles. The molecule has 3 aromatic rings. The Morgan fingerprint density at radius 3 is 2.68 bits per heavy atom. The van der Waals surface area contributed by atoms with Crippen LogP contribution in [-0.2, 0) is 14.3 Å². The van der Waals surface area contributed by atoms with Gasteiger partial charge in [0.1, 0.15) is 30.3 Å². The molecular weight excluding hydrogens is 505 g/mol. The Kier molecular flexibility index (Phi) is 10.4. The summed E-state index contributed by atoms with van der Waals surface area (Å²) in [7, 11) is 1.56. The predicted molar refractivity (Wildman–Crippen MR) is 137 cm³/mol. The first-order chi connectivity index (χ1) is 17.8. The van der Waals surface area contributed by atoms with E-state index >= 15 is 0 Å². The van der Waals surface area contributed by atoms with Gasteiger partial charge >= 0.3 is 0 Å². The van der Waals surface area contributed by atoms with Gasteiger partial charge in [-0.05, 0) is 37.1 Å². The van der Waals surface area contributed by atoms with E-state index in [-0.39, 0.29) is 18.1 Å². The highest BCUT2D eigenvalue weighted by Crippen LogP contribution is 2.36. The van der Waals surface area contributed by atoms with Gasteiger partial charge in [-0.3, -0.25) is 14.8 Å². The Morgan fingerprint density at radius 1 is 1.16 bits per heavy atom. The van der Waals surface area contributed by atoms with Crippen molar-refractivity contribution >= 4 is 45.8 Å². The number of rotatable bonds is 14. The Hall–Kier alpha value is -3.54. The molecule has 0 aliphatic rings. The van der Waals surface area contributed by atoms with Crippen molar-refractivity contribution in [3.05, 3.63) is 53.1 Å². The van der Waals surface area contributed by atoms with E-state index in [0.717, 1.165) is 0 Å². The second-order valence-electron chi connectivity index (χ2n) is 8.31. The first-order valence-electron chi connectivity index (χ1n) is 11.7. The number of nitrogens with zero attached hydrogens (tertiary/aromatic N) is 2. The average Bonchev–Trinajstić information content (AvgIpc) is 2.88. The van der Waals surface area contributed by atoms with Crippen LogP contribution in [0.15, 0.2) is 36.7 Å². The molecule has 0 spiro atoms. The Labute approximate surface area is 218 Å². The van der Waals surface area contributed by atoms with Crippen molar-refractivity contribution in [2.45, 2.75) is 38.0 Å². The number of hydrogen-bond acceptors (Lipinski definition) is 8. The van der Waals surface area contributed by atoms with Crippen molar-refractivity contribution in [1.29, 1.82) is 0 Å². The summed E-state index contributed by atoms with van der Waals surface area (Å²) in [6.07, 6.45) is 3.81. The summed E-state index contributed by atoms with van der Waals surface area (Å²) < 4.78 is 24.6. The second kappa shape index (κ2) is 13.7. The van der Waals surface area contributed by atoms with E-state index in [4.69, 9.17) is 32.0 Å². The molecule has 37 heavy (non-hydrogen) atoms. The number of ether oxygens (including phenoxy) is 2. The van der Waals surface area contributed by atoms with Crippen LogP contribution in [0.2, 0.25) is 5.02 Å². The Morgan fingerprint density at radius 2 is 1.97 bits per heavy atom. The fourth-order valence-electron chi connectivity index (χ4n) is 3.86. The molecule has 1 atom stereocenters. The number of carbonyl (C=O) groups is 2. The van der Waals surface area contributed by atoms with E-state index < -0.39 is 23.5 Å². The van der Waals surface area contributed by atoms with Gasteiger partial charge in [-0.2, -0.15) is 0 Å². The van der Waals surface area contributed by atoms with Gasteiger partial charge in [-0.1, -0.05) is 24.4 Å². The Balaban J connectivity index is 1.94. The fraction of sp³-hybridized carbons (Fsp3) is 0.360. The van der Waals surface area contributed by atoms with E-state index in [9.17, 15) is 14.0 Å². The van der Waals surface area contributed by atoms with Crippen molar-refractivity contribution in [3.8, 4) is 5.75 Å². The van der Waals surface area contributed by atoms with Gasteiger partial charge in [0.2, 0.25) is 11.8 Å². The molecule has 198 valence electrons. The number of methoxy groups -OCH3 is 1. The highest BCUT2D eigenvalue weighted by Gasteiger charge is 2.24. The number of carbonyl (C=O) groups excluding carboxylic acids is 2. The SMILES string of the molecule is COCCOc1cc2ncnc(Nc3ccc(F)c(Cl)c3)c2cc1C(CCCCCC(=O)NO)C(N)=O. The lowest BCUT2D eigenvalue weighted by Gasteiger charge is -2.20. The summed E-state index contributed by atoms with van der Waals surface area (Å²) in [4.78, 5) is 32.4. The monoisotopic (exact) mass is 533 g/mol. The summed E-state index contributed by atoms with van der Waals surface area (Å²) in [5.41, 5.74) is 9.05. The third-order valence-corrected chi connectivity index (χ3v) is 6.02. The smallest absolute Gasteiger partial charge is 0.243 e. The third-order valence-electron chi connectivity index (χ3n) is 5.73. The zero-order valence-electron chi connectivity index (χ0n) is 20.3. The molecule has 12 heteroatoms. The average molecular weight is 534 g/mol. The molecule has 0 aliphatic heterocycles. The number of benzene rings is 2. The lowest BCUT2D eigenvalue weighted by atomic mass is 9.90. The van der Waals surface area contributed by atoms with Gasteiger partial charge in [0, 0.05) is 36.2 Å². The molecule has 2 amide bonds. The molecule has 0 bridgehead atoms.